The molecular formula is C9H10FNO3. The molecule has 0 aliphatic carbocycles. The van der Waals surface area contributed by atoms with Gasteiger partial charge in [0.2, 0.25) is 0 Å². The van der Waals surface area contributed by atoms with Crippen LogP contribution in [-0.4, -0.2) is 16.2 Å². The predicted molar refractivity (Wildman–Crippen MR) is 46.9 cm³/mol. The van der Waals surface area contributed by atoms with Crippen molar-refractivity contribution in [1.82, 2.24) is 0 Å². The minimum Gasteiger partial charge on any atom is -0.480 e. The van der Waals surface area contributed by atoms with Gasteiger partial charge in [0.25, 0.3) is 0 Å². The van der Waals surface area contributed by atoms with E-state index in [4.69, 9.17) is 15.9 Å². The summed E-state index contributed by atoms with van der Waals surface area (Å²) in [7, 11) is 0. The third kappa shape index (κ3) is 2.07. The molecule has 5 heteroatoms. The second-order valence-corrected chi connectivity index (χ2v) is 2.82. The number of aliphatic hydroxyl groups excluding tert-OH is 1. The Balaban J connectivity index is 3.13. The average molecular weight is 199 g/mol. The van der Waals surface area contributed by atoms with Crippen LogP contribution in [-0.2, 0) is 11.4 Å². The Bertz CT molecular complexity index is 354. The van der Waals surface area contributed by atoms with Crippen molar-refractivity contribution in [2.75, 3.05) is 0 Å². The van der Waals surface area contributed by atoms with Crippen LogP contribution in [0.1, 0.15) is 17.2 Å². The number of hydrogen-bond acceptors (Lipinski definition) is 3. The molecule has 0 amide bonds. The highest BCUT2D eigenvalue weighted by atomic mass is 19.1. The number of carboxylic acid groups (broad SMARTS) is 1. The van der Waals surface area contributed by atoms with Gasteiger partial charge in [-0.05, 0) is 23.3 Å². The maximum absolute atomic E-state index is 12.7. The van der Waals surface area contributed by atoms with E-state index in [1.165, 1.54) is 6.07 Å². The molecule has 0 aliphatic heterocycles. The summed E-state index contributed by atoms with van der Waals surface area (Å²) in [5, 5.41) is 17.5. The maximum atomic E-state index is 12.7. The van der Waals surface area contributed by atoms with E-state index >= 15 is 0 Å². The molecule has 0 aliphatic rings. The van der Waals surface area contributed by atoms with E-state index in [0.717, 1.165) is 12.1 Å². The van der Waals surface area contributed by atoms with Crippen LogP contribution in [0, 0.1) is 5.82 Å². The van der Waals surface area contributed by atoms with Gasteiger partial charge in [0.1, 0.15) is 11.9 Å². The molecule has 0 bridgehead atoms. The van der Waals surface area contributed by atoms with Crippen LogP contribution in [0.3, 0.4) is 0 Å². The Morgan fingerprint density at radius 3 is 2.71 bits per heavy atom. The van der Waals surface area contributed by atoms with Crippen LogP contribution in [0.4, 0.5) is 4.39 Å². The van der Waals surface area contributed by atoms with Crippen molar-refractivity contribution in [3.05, 3.63) is 35.1 Å². The monoisotopic (exact) mass is 199 g/mol. The van der Waals surface area contributed by atoms with Gasteiger partial charge < -0.3 is 15.9 Å². The van der Waals surface area contributed by atoms with Gasteiger partial charge in [-0.25, -0.2) is 4.39 Å². The largest absolute Gasteiger partial charge is 0.480 e. The first-order valence-electron chi connectivity index (χ1n) is 3.94. The third-order valence-corrected chi connectivity index (χ3v) is 1.88. The van der Waals surface area contributed by atoms with Crippen LogP contribution in [0.15, 0.2) is 18.2 Å². The minimum atomic E-state index is -1.24. The fourth-order valence-corrected chi connectivity index (χ4v) is 1.15. The number of carboxylic acids is 1. The smallest absolute Gasteiger partial charge is 0.325 e. The highest BCUT2D eigenvalue weighted by Crippen LogP contribution is 2.17. The Hall–Kier alpha value is -1.46. The lowest BCUT2D eigenvalue weighted by atomic mass is 10.0. The number of hydrogen-bond donors (Lipinski definition) is 3. The van der Waals surface area contributed by atoms with Gasteiger partial charge in [0, 0.05) is 0 Å². The highest BCUT2D eigenvalue weighted by molar-refractivity contribution is 5.75. The van der Waals surface area contributed by atoms with E-state index in [0.29, 0.717) is 0 Å². The molecule has 0 radical (unpaired) electrons. The lowest BCUT2D eigenvalue weighted by Crippen LogP contribution is -2.22. The number of aliphatic carboxylic acids is 1. The van der Waals surface area contributed by atoms with Gasteiger partial charge in [0.05, 0.1) is 6.61 Å². The van der Waals surface area contributed by atoms with Crippen LogP contribution < -0.4 is 5.73 Å². The van der Waals surface area contributed by atoms with Crippen molar-refractivity contribution in [1.29, 1.82) is 0 Å². The topological polar surface area (TPSA) is 83.6 Å². The van der Waals surface area contributed by atoms with E-state index < -0.39 is 24.4 Å². The number of aliphatic hydroxyl groups is 1. The van der Waals surface area contributed by atoms with Gasteiger partial charge in [-0.15, -0.1) is 0 Å². The summed E-state index contributed by atoms with van der Waals surface area (Å²) in [6, 6.07) is 2.20. The zero-order valence-corrected chi connectivity index (χ0v) is 7.27. The molecule has 1 atom stereocenters. The normalized spacial score (nSPS) is 12.5. The molecule has 1 aromatic carbocycles. The van der Waals surface area contributed by atoms with E-state index in [2.05, 4.69) is 0 Å². The van der Waals surface area contributed by atoms with Gasteiger partial charge in [-0.3, -0.25) is 4.79 Å². The van der Waals surface area contributed by atoms with Crippen molar-refractivity contribution >= 4 is 5.97 Å². The van der Waals surface area contributed by atoms with Crippen LogP contribution in [0.5, 0.6) is 0 Å². The molecule has 1 aromatic rings. The average Bonchev–Trinajstić information content (AvgIpc) is 2.16. The SMILES string of the molecule is NC(C(=O)O)c1ccc(F)cc1CO. The zero-order chi connectivity index (χ0) is 10.7. The molecule has 4 nitrogen and oxygen atoms in total. The summed E-state index contributed by atoms with van der Waals surface area (Å²) in [5.41, 5.74) is 5.75. The zero-order valence-electron chi connectivity index (χ0n) is 7.27. The van der Waals surface area contributed by atoms with Crippen molar-refractivity contribution in [3.63, 3.8) is 0 Å². The lowest BCUT2D eigenvalue weighted by Gasteiger charge is -2.11. The molecule has 1 unspecified atom stereocenters. The molecule has 0 heterocycles. The van der Waals surface area contributed by atoms with Crippen LogP contribution in [0.2, 0.25) is 0 Å². The number of halogens is 1. The predicted octanol–water partition coefficient (Wildman–Crippen LogP) is 0.402. The second-order valence-electron chi connectivity index (χ2n) is 2.82. The summed E-state index contributed by atoms with van der Waals surface area (Å²) in [4.78, 5) is 10.6. The van der Waals surface area contributed by atoms with E-state index in [-0.39, 0.29) is 11.1 Å². The minimum absolute atomic E-state index is 0.194. The first kappa shape index (κ1) is 10.6. The Labute approximate surface area is 79.8 Å². The molecule has 0 aromatic heterocycles. The maximum Gasteiger partial charge on any atom is 0.325 e. The molecular weight excluding hydrogens is 189 g/mol. The number of nitrogens with two attached hydrogens (primary N) is 1. The first-order valence-corrected chi connectivity index (χ1v) is 3.94. The standard InChI is InChI=1S/C9H10FNO3/c10-6-1-2-7(5(3-6)4-12)8(11)9(13)14/h1-3,8,12H,4,11H2,(H,13,14). The number of rotatable bonds is 3. The number of carbonyl (C=O) groups is 1. The third-order valence-electron chi connectivity index (χ3n) is 1.88. The number of benzene rings is 1. The highest BCUT2D eigenvalue weighted by Gasteiger charge is 2.17. The summed E-state index contributed by atoms with van der Waals surface area (Å²) in [5.74, 6) is -1.75. The van der Waals surface area contributed by atoms with Crippen molar-refractivity contribution in [2.45, 2.75) is 12.6 Å². The summed E-state index contributed by atoms with van der Waals surface area (Å²) >= 11 is 0. The van der Waals surface area contributed by atoms with Crippen molar-refractivity contribution in [2.24, 2.45) is 5.73 Å². The van der Waals surface area contributed by atoms with E-state index in [9.17, 15) is 9.18 Å². The Kier molecular flexibility index (Phi) is 3.16. The van der Waals surface area contributed by atoms with Gasteiger partial charge in [-0.1, -0.05) is 6.07 Å². The Morgan fingerprint density at radius 2 is 2.21 bits per heavy atom. The van der Waals surface area contributed by atoms with Gasteiger partial charge in [0.15, 0.2) is 0 Å². The fraction of sp³-hybridized carbons (Fsp3) is 0.222. The quantitative estimate of drug-likeness (QED) is 0.658. The second kappa shape index (κ2) is 4.17. The summed E-state index contributed by atoms with van der Waals surface area (Å²) < 4.78 is 12.7. The van der Waals surface area contributed by atoms with Crippen LogP contribution >= 0.6 is 0 Å². The summed E-state index contributed by atoms with van der Waals surface area (Å²) in [6.07, 6.45) is 0. The van der Waals surface area contributed by atoms with E-state index in [1.54, 1.807) is 0 Å². The molecule has 0 fully saturated rings. The molecule has 0 spiro atoms. The molecule has 14 heavy (non-hydrogen) atoms. The molecule has 0 saturated carbocycles. The van der Waals surface area contributed by atoms with Crippen molar-refractivity contribution in [3.8, 4) is 0 Å². The molecule has 76 valence electrons. The van der Waals surface area contributed by atoms with E-state index in [1.807, 2.05) is 0 Å². The van der Waals surface area contributed by atoms with Crippen LogP contribution in [0.25, 0.3) is 0 Å². The molecule has 1 rings (SSSR count). The molecule has 4 N–H and O–H groups in total. The van der Waals surface area contributed by atoms with Crippen molar-refractivity contribution < 1.29 is 19.4 Å². The lowest BCUT2D eigenvalue weighted by molar-refractivity contribution is -0.138. The van der Waals surface area contributed by atoms with Gasteiger partial charge >= 0.3 is 5.97 Å². The summed E-state index contributed by atoms with van der Waals surface area (Å²) in [6.45, 7) is -0.436. The van der Waals surface area contributed by atoms with Gasteiger partial charge in [-0.2, -0.15) is 0 Å². The molecule has 0 saturated heterocycles. The first-order chi connectivity index (χ1) is 6.56. The Morgan fingerprint density at radius 1 is 1.57 bits per heavy atom. The fourth-order valence-electron chi connectivity index (χ4n) is 1.15.